The number of nitrogen functional groups attached to an aromatic ring is 1. The highest BCUT2D eigenvalue weighted by Gasteiger charge is 2.01. The van der Waals surface area contributed by atoms with Gasteiger partial charge in [-0.1, -0.05) is 13.8 Å². The predicted octanol–water partition coefficient (Wildman–Crippen LogP) is 0.551. The average Bonchev–Trinajstić information content (AvgIpc) is 1.96. The first kappa shape index (κ1) is 8.77. The normalized spacial score (nSPS) is 10.6. The van der Waals surface area contributed by atoms with E-state index in [-0.39, 0.29) is 11.2 Å². The molecule has 1 aromatic rings. The van der Waals surface area contributed by atoms with Crippen molar-refractivity contribution in [2.45, 2.75) is 20.3 Å². The number of anilines is 1. The average molecular weight is 167 g/mol. The molecule has 0 bridgehead atoms. The molecule has 1 aromatic heterocycles. The first-order chi connectivity index (χ1) is 5.59. The van der Waals surface area contributed by atoms with Gasteiger partial charge in [-0.05, 0) is 5.92 Å². The molecule has 1 rings (SSSR count). The van der Waals surface area contributed by atoms with E-state index in [9.17, 15) is 4.79 Å². The summed E-state index contributed by atoms with van der Waals surface area (Å²) in [5, 5.41) is 0. The monoisotopic (exact) mass is 167 g/mol. The van der Waals surface area contributed by atoms with E-state index in [4.69, 9.17) is 5.73 Å². The van der Waals surface area contributed by atoms with Crippen LogP contribution in [-0.4, -0.2) is 9.97 Å². The van der Waals surface area contributed by atoms with Crippen LogP contribution < -0.4 is 11.3 Å². The number of H-pyrrole nitrogens is 1. The largest absolute Gasteiger partial charge is 0.393 e. The summed E-state index contributed by atoms with van der Waals surface area (Å²) in [5.41, 5.74) is 5.23. The van der Waals surface area contributed by atoms with E-state index < -0.39 is 0 Å². The summed E-state index contributed by atoms with van der Waals surface area (Å²) < 4.78 is 0. The van der Waals surface area contributed by atoms with Crippen LogP contribution in [0.25, 0.3) is 0 Å². The maximum absolute atomic E-state index is 11.0. The zero-order valence-electron chi connectivity index (χ0n) is 7.29. The third kappa shape index (κ3) is 2.08. The van der Waals surface area contributed by atoms with Crippen LogP contribution in [0.3, 0.4) is 0 Å². The molecule has 0 aromatic carbocycles. The summed E-state index contributed by atoms with van der Waals surface area (Å²) in [4.78, 5) is 17.6. The van der Waals surface area contributed by atoms with Crippen LogP contribution in [0.2, 0.25) is 0 Å². The highest BCUT2D eigenvalue weighted by atomic mass is 16.1. The second kappa shape index (κ2) is 3.38. The number of nitrogens with one attached hydrogen (secondary N) is 1. The molecule has 0 fully saturated rings. The van der Waals surface area contributed by atoms with Gasteiger partial charge in [0, 0.05) is 6.42 Å². The molecule has 0 saturated heterocycles. The van der Waals surface area contributed by atoms with Gasteiger partial charge in [-0.15, -0.1) is 0 Å². The van der Waals surface area contributed by atoms with Crippen LogP contribution >= 0.6 is 0 Å². The molecular formula is C8H13N3O. The molecule has 12 heavy (non-hydrogen) atoms. The summed E-state index contributed by atoms with van der Waals surface area (Å²) >= 11 is 0. The Morgan fingerprint density at radius 1 is 1.67 bits per heavy atom. The van der Waals surface area contributed by atoms with Gasteiger partial charge in [0.05, 0.1) is 6.20 Å². The van der Waals surface area contributed by atoms with E-state index >= 15 is 0 Å². The van der Waals surface area contributed by atoms with Crippen molar-refractivity contribution >= 4 is 5.69 Å². The minimum Gasteiger partial charge on any atom is -0.393 e. The second-order valence-corrected chi connectivity index (χ2v) is 3.21. The maximum Gasteiger partial charge on any atom is 0.274 e. The van der Waals surface area contributed by atoms with Crippen LogP contribution in [0.15, 0.2) is 11.0 Å². The van der Waals surface area contributed by atoms with Crippen LogP contribution in [-0.2, 0) is 6.42 Å². The van der Waals surface area contributed by atoms with Crippen LogP contribution in [0.5, 0.6) is 0 Å². The zero-order chi connectivity index (χ0) is 9.14. The number of hydrogen-bond donors (Lipinski definition) is 2. The van der Waals surface area contributed by atoms with Crippen molar-refractivity contribution in [1.29, 1.82) is 0 Å². The Labute approximate surface area is 70.8 Å². The molecule has 3 N–H and O–H groups in total. The number of nitrogens with zero attached hydrogens (tertiary/aromatic N) is 1. The van der Waals surface area contributed by atoms with Crippen LogP contribution in [0, 0.1) is 5.92 Å². The predicted molar refractivity (Wildman–Crippen MR) is 47.8 cm³/mol. The van der Waals surface area contributed by atoms with E-state index in [1.807, 2.05) is 0 Å². The van der Waals surface area contributed by atoms with Crippen molar-refractivity contribution in [3.8, 4) is 0 Å². The lowest BCUT2D eigenvalue weighted by atomic mass is 10.1. The summed E-state index contributed by atoms with van der Waals surface area (Å²) in [6.07, 6.45) is 2.17. The molecule has 0 radical (unpaired) electrons. The minimum atomic E-state index is -0.249. The fourth-order valence-corrected chi connectivity index (χ4v) is 0.932. The molecule has 0 atom stereocenters. The highest BCUT2D eigenvalue weighted by Crippen LogP contribution is 2.00. The first-order valence-electron chi connectivity index (χ1n) is 3.93. The van der Waals surface area contributed by atoms with Crippen molar-refractivity contribution in [3.63, 3.8) is 0 Å². The maximum atomic E-state index is 11.0. The molecule has 1 heterocycles. The Kier molecular flexibility index (Phi) is 2.47. The van der Waals surface area contributed by atoms with Gasteiger partial charge in [0.15, 0.2) is 0 Å². The smallest absolute Gasteiger partial charge is 0.274 e. The van der Waals surface area contributed by atoms with Crippen molar-refractivity contribution in [2.24, 2.45) is 5.92 Å². The Morgan fingerprint density at radius 2 is 2.33 bits per heavy atom. The molecule has 0 aliphatic heterocycles. The Morgan fingerprint density at radius 3 is 2.83 bits per heavy atom. The third-order valence-corrected chi connectivity index (χ3v) is 1.48. The van der Waals surface area contributed by atoms with E-state index in [1.54, 1.807) is 0 Å². The lowest BCUT2D eigenvalue weighted by Gasteiger charge is -2.02. The van der Waals surface area contributed by atoms with Crippen LogP contribution in [0.1, 0.15) is 19.7 Å². The second-order valence-electron chi connectivity index (χ2n) is 3.21. The molecule has 0 spiro atoms. The fourth-order valence-electron chi connectivity index (χ4n) is 0.932. The molecule has 0 saturated carbocycles. The van der Waals surface area contributed by atoms with Gasteiger partial charge in [-0.3, -0.25) is 4.79 Å². The van der Waals surface area contributed by atoms with Gasteiger partial charge in [0.1, 0.15) is 11.5 Å². The van der Waals surface area contributed by atoms with Crippen molar-refractivity contribution < 1.29 is 0 Å². The number of hydrogen-bond acceptors (Lipinski definition) is 3. The van der Waals surface area contributed by atoms with Gasteiger partial charge in [0.2, 0.25) is 0 Å². The summed E-state index contributed by atoms with van der Waals surface area (Å²) in [6.45, 7) is 4.13. The van der Waals surface area contributed by atoms with E-state index in [2.05, 4.69) is 23.8 Å². The van der Waals surface area contributed by atoms with E-state index in [0.717, 1.165) is 6.42 Å². The SMILES string of the molecule is CC(C)Cc1ncc(N)c(=O)[nH]1. The number of aromatic nitrogens is 2. The number of aromatic amines is 1. The molecular weight excluding hydrogens is 154 g/mol. The molecule has 0 amide bonds. The van der Waals surface area contributed by atoms with Gasteiger partial charge in [-0.25, -0.2) is 4.98 Å². The molecule has 0 aliphatic rings. The lowest BCUT2D eigenvalue weighted by Crippen LogP contribution is -2.16. The van der Waals surface area contributed by atoms with Gasteiger partial charge < -0.3 is 10.7 Å². The minimum absolute atomic E-state index is 0.169. The Balaban J connectivity index is 2.90. The van der Waals surface area contributed by atoms with Crippen molar-refractivity contribution in [2.75, 3.05) is 5.73 Å². The third-order valence-electron chi connectivity index (χ3n) is 1.48. The summed E-state index contributed by atoms with van der Waals surface area (Å²) in [5.74, 6) is 1.18. The fraction of sp³-hybridized carbons (Fsp3) is 0.500. The number of nitrogens with two attached hydrogens (primary N) is 1. The first-order valence-corrected chi connectivity index (χ1v) is 3.93. The lowest BCUT2D eigenvalue weighted by molar-refractivity contribution is 0.619. The van der Waals surface area contributed by atoms with Gasteiger partial charge in [-0.2, -0.15) is 0 Å². The van der Waals surface area contributed by atoms with E-state index in [1.165, 1.54) is 6.20 Å². The zero-order valence-corrected chi connectivity index (χ0v) is 7.29. The topological polar surface area (TPSA) is 71.8 Å². The summed E-state index contributed by atoms with van der Waals surface area (Å²) in [7, 11) is 0. The molecule has 66 valence electrons. The van der Waals surface area contributed by atoms with Crippen molar-refractivity contribution in [3.05, 3.63) is 22.4 Å². The van der Waals surface area contributed by atoms with Crippen LogP contribution in [0.4, 0.5) is 5.69 Å². The Bertz CT molecular complexity index is 316. The van der Waals surface area contributed by atoms with Gasteiger partial charge in [0.25, 0.3) is 5.56 Å². The molecule has 0 aliphatic carbocycles. The van der Waals surface area contributed by atoms with E-state index in [0.29, 0.717) is 11.7 Å². The standard InChI is InChI=1S/C8H13N3O/c1-5(2)3-7-10-4-6(9)8(12)11-7/h4-5H,3,9H2,1-2H3,(H,10,11,12). The Hall–Kier alpha value is -1.32. The molecule has 0 unspecified atom stereocenters. The number of rotatable bonds is 2. The van der Waals surface area contributed by atoms with Crippen molar-refractivity contribution in [1.82, 2.24) is 9.97 Å². The molecule has 4 nitrogen and oxygen atoms in total. The van der Waals surface area contributed by atoms with Gasteiger partial charge >= 0.3 is 0 Å². The summed E-state index contributed by atoms with van der Waals surface area (Å²) in [6, 6.07) is 0. The highest BCUT2D eigenvalue weighted by molar-refractivity contribution is 5.30. The quantitative estimate of drug-likeness (QED) is 0.675. The molecule has 4 heteroatoms.